The molecule has 0 aromatic heterocycles. The second-order valence-electron chi connectivity index (χ2n) is 3.00. The molecule has 0 radical (unpaired) electrons. The van der Waals surface area contributed by atoms with Crippen LogP contribution in [0.15, 0.2) is 0 Å². The maximum atomic E-state index is 5.70. The minimum atomic E-state index is -1.44. The minimum Gasteiger partial charge on any atom is -0.392 e. The molecule has 0 saturated carbocycles. The maximum absolute atomic E-state index is 5.70. The first-order chi connectivity index (χ1) is 4.31. The molecule has 0 amide bonds. The Kier molecular flexibility index (Phi) is 1.18. The zero-order valence-corrected chi connectivity index (χ0v) is 6.72. The quantitative estimate of drug-likeness (QED) is 0.477. The van der Waals surface area contributed by atoms with Gasteiger partial charge in [-0.25, -0.2) is 0 Å². The Morgan fingerprint density at radius 2 is 2.22 bits per heavy atom. The highest BCUT2D eigenvalue weighted by atomic mass is 28.4. The van der Waals surface area contributed by atoms with Crippen LogP contribution in [-0.4, -0.2) is 21.3 Å². The van der Waals surface area contributed by atoms with Crippen molar-refractivity contribution in [2.45, 2.75) is 31.5 Å². The molecular formula is C6H12O2Si. The van der Waals surface area contributed by atoms with E-state index in [-0.39, 0.29) is 0 Å². The topological polar surface area (TPSA) is 18.5 Å². The Labute approximate surface area is 56.4 Å². The van der Waals surface area contributed by atoms with Gasteiger partial charge in [-0.2, -0.15) is 0 Å². The summed E-state index contributed by atoms with van der Waals surface area (Å²) in [6.45, 7) is 2.95. The number of rotatable bonds is 0. The Morgan fingerprint density at radius 1 is 1.44 bits per heavy atom. The van der Waals surface area contributed by atoms with Gasteiger partial charge in [0.2, 0.25) is 0 Å². The van der Waals surface area contributed by atoms with Crippen LogP contribution < -0.4 is 0 Å². The molecule has 2 aliphatic rings. The normalized spacial score (nSPS) is 39.0. The highest BCUT2D eigenvalue weighted by Gasteiger charge is 2.49. The van der Waals surface area contributed by atoms with Gasteiger partial charge in [0.1, 0.15) is 0 Å². The van der Waals surface area contributed by atoms with Gasteiger partial charge in [0.25, 0.3) is 0 Å². The predicted octanol–water partition coefficient (Wildman–Crippen LogP) is 1.27. The van der Waals surface area contributed by atoms with Gasteiger partial charge in [-0.15, -0.1) is 0 Å². The molecule has 1 unspecified atom stereocenters. The summed E-state index contributed by atoms with van der Waals surface area (Å²) in [6.07, 6.45) is 1.72. The highest BCUT2D eigenvalue weighted by molar-refractivity contribution is 6.70. The zero-order chi connectivity index (χ0) is 6.32. The fourth-order valence-corrected chi connectivity index (χ4v) is 4.29. The smallest absolute Gasteiger partial charge is 0.338 e. The van der Waals surface area contributed by atoms with Crippen LogP contribution in [-0.2, 0) is 8.85 Å². The van der Waals surface area contributed by atoms with Crippen molar-refractivity contribution in [3.8, 4) is 0 Å². The van der Waals surface area contributed by atoms with Crippen LogP contribution in [0.2, 0.25) is 12.1 Å². The van der Waals surface area contributed by atoms with E-state index in [0.29, 0.717) is 6.10 Å². The average molecular weight is 144 g/mol. The number of hydrogen-bond donors (Lipinski definition) is 0. The zero-order valence-electron chi connectivity index (χ0n) is 5.72. The molecule has 0 bridgehead atoms. The molecule has 2 aliphatic heterocycles. The monoisotopic (exact) mass is 144 g/mol. The summed E-state index contributed by atoms with van der Waals surface area (Å²) in [5.41, 5.74) is 0. The standard InChI is InChI=1S/C6H12O2Si/c1-6-5-7-9(8-6)3-2-4-9/h6H,2-5H2,1H3. The first-order valence-electron chi connectivity index (χ1n) is 3.63. The lowest BCUT2D eigenvalue weighted by atomic mass is 10.5. The van der Waals surface area contributed by atoms with Gasteiger partial charge in [0.05, 0.1) is 12.7 Å². The van der Waals surface area contributed by atoms with Crippen LogP contribution in [0.3, 0.4) is 0 Å². The van der Waals surface area contributed by atoms with Gasteiger partial charge in [0, 0.05) is 0 Å². The van der Waals surface area contributed by atoms with Crippen LogP contribution in [0.1, 0.15) is 13.3 Å². The Morgan fingerprint density at radius 3 is 2.44 bits per heavy atom. The van der Waals surface area contributed by atoms with Gasteiger partial charge >= 0.3 is 8.56 Å². The van der Waals surface area contributed by atoms with E-state index in [4.69, 9.17) is 8.85 Å². The Balaban J connectivity index is 1.99. The van der Waals surface area contributed by atoms with Gasteiger partial charge in [-0.1, -0.05) is 0 Å². The molecule has 3 heteroatoms. The second-order valence-corrected chi connectivity index (χ2v) is 6.35. The maximum Gasteiger partial charge on any atom is 0.338 e. The van der Waals surface area contributed by atoms with Gasteiger partial charge < -0.3 is 8.85 Å². The molecule has 2 fully saturated rings. The van der Waals surface area contributed by atoms with E-state index in [1.807, 2.05) is 0 Å². The molecule has 0 N–H and O–H groups in total. The van der Waals surface area contributed by atoms with Crippen LogP contribution in [0.5, 0.6) is 0 Å². The van der Waals surface area contributed by atoms with Crippen molar-refractivity contribution < 1.29 is 8.85 Å². The first kappa shape index (κ1) is 5.89. The third kappa shape index (κ3) is 0.837. The van der Waals surface area contributed by atoms with Crippen molar-refractivity contribution >= 4 is 8.56 Å². The van der Waals surface area contributed by atoms with Crippen molar-refractivity contribution in [2.24, 2.45) is 0 Å². The highest BCUT2D eigenvalue weighted by Crippen LogP contribution is 2.38. The fourth-order valence-electron chi connectivity index (χ4n) is 1.43. The van der Waals surface area contributed by atoms with Gasteiger partial charge in [0.15, 0.2) is 0 Å². The first-order valence-corrected chi connectivity index (χ1v) is 5.86. The third-order valence-electron chi connectivity index (χ3n) is 2.11. The van der Waals surface area contributed by atoms with Gasteiger partial charge in [-0.05, 0) is 25.4 Å². The Hall–Kier alpha value is 0.137. The summed E-state index contributed by atoms with van der Waals surface area (Å²) in [5, 5.41) is 0. The van der Waals surface area contributed by atoms with Crippen LogP contribution >= 0.6 is 0 Å². The molecule has 1 atom stereocenters. The average Bonchev–Trinajstić information content (AvgIpc) is 2.09. The largest absolute Gasteiger partial charge is 0.392 e. The van der Waals surface area contributed by atoms with Crippen LogP contribution in [0.25, 0.3) is 0 Å². The minimum absolute atomic E-state index is 0.386. The molecule has 0 aliphatic carbocycles. The van der Waals surface area contributed by atoms with E-state index < -0.39 is 8.56 Å². The number of hydrogen-bond acceptors (Lipinski definition) is 2. The summed E-state index contributed by atoms with van der Waals surface area (Å²) < 4.78 is 11.3. The van der Waals surface area contributed by atoms with Gasteiger partial charge in [-0.3, -0.25) is 0 Å². The molecule has 0 aromatic rings. The van der Waals surface area contributed by atoms with Crippen molar-refractivity contribution in [1.82, 2.24) is 0 Å². The van der Waals surface area contributed by atoms with Crippen LogP contribution in [0.4, 0.5) is 0 Å². The van der Waals surface area contributed by atoms with E-state index in [0.717, 1.165) is 6.61 Å². The van der Waals surface area contributed by atoms with Crippen LogP contribution in [0, 0.1) is 0 Å². The molecule has 2 rings (SSSR count). The van der Waals surface area contributed by atoms with E-state index in [1.54, 1.807) is 0 Å². The molecule has 2 heterocycles. The van der Waals surface area contributed by atoms with Crippen molar-refractivity contribution in [1.29, 1.82) is 0 Å². The van der Waals surface area contributed by atoms with E-state index >= 15 is 0 Å². The lowest BCUT2D eigenvalue weighted by Gasteiger charge is -2.31. The fraction of sp³-hybridized carbons (Fsp3) is 1.00. The van der Waals surface area contributed by atoms with E-state index in [2.05, 4.69) is 6.92 Å². The molecule has 0 aromatic carbocycles. The molecule has 9 heavy (non-hydrogen) atoms. The van der Waals surface area contributed by atoms with E-state index in [9.17, 15) is 0 Å². The molecule has 2 nitrogen and oxygen atoms in total. The summed E-state index contributed by atoms with van der Waals surface area (Å²) in [7, 11) is -1.44. The predicted molar refractivity (Wildman–Crippen MR) is 36.5 cm³/mol. The molecule has 52 valence electrons. The SMILES string of the molecule is CC1CO[Si]2(CCC2)O1. The lowest BCUT2D eigenvalue weighted by molar-refractivity contribution is 0.243. The molecular weight excluding hydrogens is 132 g/mol. The molecule has 1 spiro atoms. The third-order valence-corrected chi connectivity index (χ3v) is 5.87. The molecule has 2 saturated heterocycles. The Bertz CT molecular complexity index is 122. The summed E-state index contributed by atoms with van der Waals surface area (Å²) in [5.74, 6) is 0. The van der Waals surface area contributed by atoms with E-state index in [1.165, 1.54) is 18.5 Å². The summed E-state index contributed by atoms with van der Waals surface area (Å²) in [6, 6.07) is 2.49. The van der Waals surface area contributed by atoms with Crippen molar-refractivity contribution in [3.63, 3.8) is 0 Å². The van der Waals surface area contributed by atoms with Crippen molar-refractivity contribution in [3.05, 3.63) is 0 Å². The summed E-state index contributed by atoms with van der Waals surface area (Å²) in [4.78, 5) is 0. The van der Waals surface area contributed by atoms with Crippen molar-refractivity contribution in [2.75, 3.05) is 6.61 Å². The second kappa shape index (κ2) is 1.81. The lowest BCUT2D eigenvalue weighted by Crippen LogP contribution is -2.43. The summed E-state index contributed by atoms with van der Waals surface area (Å²) >= 11 is 0.